The molecule has 0 atom stereocenters. The van der Waals surface area contributed by atoms with Gasteiger partial charge in [0.15, 0.2) is 0 Å². The van der Waals surface area contributed by atoms with Crippen molar-refractivity contribution < 1.29 is 9.53 Å². The smallest absolute Gasteiger partial charge is 0.281 e. The normalized spacial score (nSPS) is 10.7. The number of nitrogen functional groups attached to an aromatic ring is 1. The van der Waals surface area contributed by atoms with Crippen LogP contribution in [0, 0.1) is 18.3 Å². The molecule has 0 fully saturated rings. The molecule has 0 bridgehead atoms. The average Bonchev–Trinajstić information content (AvgIpc) is 3.01. The van der Waals surface area contributed by atoms with Crippen molar-refractivity contribution in [2.45, 2.75) is 13.5 Å². The van der Waals surface area contributed by atoms with Crippen molar-refractivity contribution in [2.24, 2.45) is 5.10 Å². The minimum atomic E-state index is -0.406. The number of ether oxygens (including phenoxy) is 1. The minimum Gasteiger partial charge on any atom is -0.489 e. The van der Waals surface area contributed by atoms with E-state index in [4.69, 9.17) is 27.3 Å². The van der Waals surface area contributed by atoms with Gasteiger partial charge in [-0.3, -0.25) is 4.79 Å². The lowest BCUT2D eigenvalue weighted by Crippen LogP contribution is -2.17. The lowest BCUT2D eigenvalue weighted by molar-refractivity contribution is 0.0958. The Bertz CT molecular complexity index is 1100. The molecule has 0 saturated carbocycles. The highest BCUT2D eigenvalue weighted by atomic mass is 35.5. The molecule has 3 aromatic rings. The van der Waals surface area contributed by atoms with Crippen LogP contribution in [-0.2, 0) is 6.61 Å². The van der Waals surface area contributed by atoms with Gasteiger partial charge in [-0.25, -0.2) is 5.43 Å². The number of thiophene rings is 1. The van der Waals surface area contributed by atoms with E-state index >= 15 is 0 Å². The molecule has 3 N–H and O–H groups in total. The first kappa shape index (κ1) is 20.4. The molecule has 1 amide bonds. The van der Waals surface area contributed by atoms with E-state index < -0.39 is 5.91 Å². The Hall–Kier alpha value is -3.34. The van der Waals surface area contributed by atoms with Crippen LogP contribution < -0.4 is 15.9 Å². The van der Waals surface area contributed by atoms with Crippen molar-refractivity contribution >= 4 is 40.1 Å². The molecule has 29 heavy (non-hydrogen) atoms. The van der Waals surface area contributed by atoms with Gasteiger partial charge >= 0.3 is 0 Å². The number of halogens is 1. The lowest BCUT2D eigenvalue weighted by Gasteiger charge is -2.07. The number of anilines is 1. The predicted octanol–water partition coefficient (Wildman–Crippen LogP) is 4.51. The summed E-state index contributed by atoms with van der Waals surface area (Å²) in [7, 11) is 0. The molecule has 146 valence electrons. The molecule has 0 radical (unpaired) electrons. The summed E-state index contributed by atoms with van der Waals surface area (Å²) >= 11 is 7.19. The number of nitrogens with zero attached hydrogens (tertiary/aromatic N) is 2. The minimum absolute atomic E-state index is 0.325. The van der Waals surface area contributed by atoms with Crippen LogP contribution >= 0.6 is 22.9 Å². The summed E-state index contributed by atoms with van der Waals surface area (Å²) in [5.41, 5.74) is 10.8. The van der Waals surface area contributed by atoms with Crippen molar-refractivity contribution in [3.05, 3.63) is 80.7 Å². The molecule has 6 nitrogen and oxygen atoms in total. The molecule has 0 aliphatic heterocycles. The fraction of sp³-hybridized carbons (Fsp3) is 0.0952. The molecule has 1 aromatic heterocycles. The first-order valence-corrected chi connectivity index (χ1v) is 9.77. The van der Waals surface area contributed by atoms with Crippen LogP contribution in [0.3, 0.4) is 0 Å². The van der Waals surface area contributed by atoms with Crippen molar-refractivity contribution in [1.29, 1.82) is 5.26 Å². The van der Waals surface area contributed by atoms with Crippen molar-refractivity contribution in [2.75, 3.05) is 5.73 Å². The monoisotopic (exact) mass is 424 g/mol. The number of nitrogens with one attached hydrogen (secondary N) is 1. The number of carbonyl (C=O) groups is 1. The third kappa shape index (κ3) is 4.93. The van der Waals surface area contributed by atoms with Gasteiger partial charge in [-0.2, -0.15) is 10.4 Å². The van der Waals surface area contributed by atoms with E-state index in [9.17, 15) is 4.79 Å². The van der Waals surface area contributed by atoms with Gasteiger partial charge in [0, 0.05) is 10.6 Å². The number of carbonyl (C=O) groups excluding carboxylic acids is 1. The Labute approximate surface area is 177 Å². The zero-order chi connectivity index (χ0) is 20.8. The lowest BCUT2D eigenvalue weighted by atomic mass is 10.2. The molecule has 8 heteroatoms. The van der Waals surface area contributed by atoms with Gasteiger partial charge in [0.05, 0.1) is 11.8 Å². The summed E-state index contributed by atoms with van der Waals surface area (Å²) in [5.74, 6) is 0.288. The number of nitriles is 1. The Morgan fingerprint density at radius 3 is 2.69 bits per heavy atom. The maximum Gasteiger partial charge on any atom is 0.281 e. The average molecular weight is 425 g/mol. The molecular formula is C21H17ClN4O2S. The molecule has 0 unspecified atom stereocenters. The second-order valence-corrected chi connectivity index (χ2v) is 7.51. The van der Waals surface area contributed by atoms with E-state index in [1.165, 1.54) is 6.21 Å². The number of benzene rings is 2. The first-order valence-electron chi connectivity index (χ1n) is 8.58. The fourth-order valence-electron chi connectivity index (χ4n) is 2.53. The number of rotatable bonds is 6. The molecule has 2 aromatic carbocycles. The number of hydrazone groups is 1. The maximum absolute atomic E-state index is 12.2. The Balaban J connectivity index is 1.57. The molecular weight excluding hydrogens is 408 g/mol. The summed E-state index contributed by atoms with van der Waals surface area (Å²) in [4.78, 5) is 12.6. The van der Waals surface area contributed by atoms with E-state index in [0.29, 0.717) is 38.4 Å². The quantitative estimate of drug-likeness (QED) is 0.449. The van der Waals surface area contributed by atoms with Crippen molar-refractivity contribution in [3.63, 3.8) is 0 Å². The van der Waals surface area contributed by atoms with Gasteiger partial charge in [0.25, 0.3) is 5.91 Å². The largest absolute Gasteiger partial charge is 0.489 e. The number of hydrogen-bond acceptors (Lipinski definition) is 6. The van der Waals surface area contributed by atoms with E-state index in [0.717, 1.165) is 22.5 Å². The zero-order valence-electron chi connectivity index (χ0n) is 15.5. The Kier molecular flexibility index (Phi) is 6.50. The third-order valence-corrected chi connectivity index (χ3v) is 5.59. The molecule has 3 rings (SSSR count). The Morgan fingerprint density at radius 1 is 1.31 bits per heavy atom. The van der Waals surface area contributed by atoms with Crippen LogP contribution in [0.15, 0.2) is 53.6 Å². The van der Waals surface area contributed by atoms with E-state index in [-0.39, 0.29) is 0 Å². The third-order valence-electron chi connectivity index (χ3n) is 4.10. The molecule has 0 aliphatic carbocycles. The van der Waals surface area contributed by atoms with E-state index in [1.807, 2.05) is 54.6 Å². The van der Waals surface area contributed by atoms with Gasteiger partial charge in [-0.1, -0.05) is 29.8 Å². The van der Waals surface area contributed by atoms with Crippen LogP contribution in [0.1, 0.15) is 31.9 Å². The highest BCUT2D eigenvalue weighted by Crippen LogP contribution is 2.29. The maximum atomic E-state index is 12.2. The number of amides is 1. The second-order valence-electron chi connectivity index (χ2n) is 6.06. The van der Waals surface area contributed by atoms with Crippen LogP contribution in [0.2, 0.25) is 5.02 Å². The van der Waals surface area contributed by atoms with Crippen LogP contribution in [0.25, 0.3) is 0 Å². The van der Waals surface area contributed by atoms with Gasteiger partial charge < -0.3 is 10.5 Å². The molecule has 0 aliphatic rings. The van der Waals surface area contributed by atoms with Crippen LogP contribution in [0.4, 0.5) is 5.00 Å². The number of nitrogens with two attached hydrogens (primary N) is 1. The molecule has 1 heterocycles. The second kappa shape index (κ2) is 9.24. The van der Waals surface area contributed by atoms with Crippen molar-refractivity contribution in [1.82, 2.24) is 5.43 Å². The van der Waals surface area contributed by atoms with Crippen LogP contribution in [-0.4, -0.2) is 12.1 Å². The van der Waals surface area contributed by atoms with Gasteiger partial charge in [0.2, 0.25) is 0 Å². The highest BCUT2D eigenvalue weighted by Gasteiger charge is 2.18. The van der Waals surface area contributed by atoms with Gasteiger partial charge in [-0.15, -0.1) is 11.3 Å². The topological polar surface area (TPSA) is 100 Å². The molecule has 0 saturated heterocycles. The number of hydrogen-bond donors (Lipinski definition) is 2. The van der Waals surface area contributed by atoms with E-state index in [1.54, 1.807) is 6.92 Å². The fourth-order valence-corrected chi connectivity index (χ4v) is 3.64. The SMILES string of the molecule is Cc1c(C(=O)N/N=C\c2ccc(OCc3ccccc3Cl)cc2)sc(N)c1C#N. The highest BCUT2D eigenvalue weighted by molar-refractivity contribution is 7.18. The molecule has 0 spiro atoms. The summed E-state index contributed by atoms with van der Waals surface area (Å²) in [6.07, 6.45) is 1.52. The standard InChI is InChI=1S/C21H17ClN4O2S/c1-13-17(10-23)20(24)29-19(13)21(27)26-25-11-14-6-8-16(9-7-14)28-12-15-4-2-3-5-18(15)22/h2-9,11H,12,24H2,1H3,(H,26,27)/b25-11-. The van der Waals surface area contributed by atoms with Gasteiger partial charge in [-0.05, 0) is 48.4 Å². The van der Waals surface area contributed by atoms with Crippen molar-refractivity contribution in [3.8, 4) is 11.8 Å². The summed E-state index contributed by atoms with van der Waals surface area (Å²) in [6, 6.07) is 16.8. The first-order chi connectivity index (χ1) is 14.0. The summed E-state index contributed by atoms with van der Waals surface area (Å²) in [6.45, 7) is 2.06. The summed E-state index contributed by atoms with van der Waals surface area (Å²) < 4.78 is 5.73. The van der Waals surface area contributed by atoms with Crippen LogP contribution in [0.5, 0.6) is 5.75 Å². The van der Waals surface area contributed by atoms with E-state index in [2.05, 4.69) is 10.5 Å². The predicted molar refractivity (Wildman–Crippen MR) is 115 cm³/mol. The zero-order valence-corrected chi connectivity index (χ0v) is 17.1. The van der Waals surface area contributed by atoms with Gasteiger partial charge in [0.1, 0.15) is 28.3 Å². The Morgan fingerprint density at radius 2 is 2.03 bits per heavy atom. The summed E-state index contributed by atoms with van der Waals surface area (Å²) in [5, 5.41) is 14.0.